The number of hydrogen-bond acceptors (Lipinski definition) is 5. The number of carbonyl (C=O) groups is 2. The van der Waals surface area contributed by atoms with E-state index in [4.69, 9.17) is 4.74 Å². The van der Waals surface area contributed by atoms with E-state index in [2.05, 4.69) is 5.32 Å². The number of anilines is 1. The number of methoxy groups -OCH3 is 1. The van der Waals surface area contributed by atoms with Gasteiger partial charge in [0.2, 0.25) is 21.8 Å². The van der Waals surface area contributed by atoms with Gasteiger partial charge in [-0.2, -0.15) is 13.2 Å². The minimum absolute atomic E-state index is 0.0630. The number of carbonyl (C=O) groups excluding carboxylic acids is 2. The number of hydrogen-bond donors (Lipinski definition) is 1. The van der Waals surface area contributed by atoms with Gasteiger partial charge in [0.05, 0.1) is 24.6 Å². The van der Waals surface area contributed by atoms with Crippen LogP contribution in [0.15, 0.2) is 48.5 Å². The zero-order valence-electron chi connectivity index (χ0n) is 21.4. The number of sulfonamides is 1. The van der Waals surface area contributed by atoms with E-state index in [0.717, 1.165) is 18.4 Å². The van der Waals surface area contributed by atoms with Gasteiger partial charge in [-0.05, 0) is 48.7 Å². The summed E-state index contributed by atoms with van der Waals surface area (Å²) in [6.45, 7) is 4.82. The molecule has 2 rings (SSSR count). The van der Waals surface area contributed by atoms with E-state index in [1.165, 1.54) is 25.0 Å². The van der Waals surface area contributed by atoms with Crippen molar-refractivity contribution in [1.29, 1.82) is 0 Å². The van der Waals surface area contributed by atoms with Crippen LogP contribution >= 0.6 is 0 Å². The Kier molecular flexibility index (Phi) is 9.96. The number of amides is 2. The molecule has 0 aliphatic heterocycles. The Labute approximate surface area is 215 Å². The Morgan fingerprint density at radius 2 is 1.70 bits per heavy atom. The van der Waals surface area contributed by atoms with Gasteiger partial charge in [-0.15, -0.1) is 0 Å². The highest BCUT2D eigenvalue weighted by atomic mass is 32.2. The van der Waals surface area contributed by atoms with Crippen molar-refractivity contribution in [2.75, 3.05) is 30.8 Å². The predicted octanol–water partition coefficient (Wildman–Crippen LogP) is 3.67. The van der Waals surface area contributed by atoms with Crippen LogP contribution in [0.2, 0.25) is 0 Å². The van der Waals surface area contributed by atoms with Crippen LogP contribution in [-0.2, 0) is 32.3 Å². The quantitative estimate of drug-likeness (QED) is 0.467. The van der Waals surface area contributed by atoms with Crippen LogP contribution in [0.4, 0.5) is 18.9 Å². The Morgan fingerprint density at radius 3 is 2.27 bits per heavy atom. The first-order valence-electron chi connectivity index (χ1n) is 11.5. The monoisotopic (exact) mass is 543 g/mol. The molecule has 37 heavy (non-hydrogen) atoms. The van der Waals surface area contributed by atoms with E-state index in [1.807, 2.05) is 13.8 Å². The molecule has 2 aromatic rings. The minimum atomic E-state index is -4.70. The molecule has 204 valence electrons. The zero-order chi connectivity index (χ0) is 28.0. The van der Waals surface area contributed by atoms with Crippen LogP contribution in [0.5, 0.6) is 5.75 Å². The summed E-state index contributed by atoms with van der Waals surface area (Å²) in [5, 5.41) is 2.75. The summed E-state index contributed by atoms with van der Waals surface area (Å²) < 4.78 is 70.7. The van der Waals surface area contributed by atoms with E-state index in [-0.39, 0.29) is 18.2 Å². The van der Waals surface area contributed by atoms with E-state index in [1.54, 1.807) is 24.3 Å². The van der Waals surface area contributed by atoms with Crippen LogP contribution in [-0.4, -0.2) is 57.6 Å². The molecule has 2 aromatic carbocycles. The Balaban J connectivity index is 2.44. The summed E-state index contributed by atoms with van der Waals surface area (Å²) >= 11 is 0. The highest BCUT2D eigenvalue weighted by Gasteiger charge is 2.33. The summed E-state index contributed by atoms with van der Waals surface area (Å²) in [5.41, 5.74) is -0.758. The molecule has 0 saturated heterocycles. The third-order valence-electron chi connectivity index (χ3n) is 5.48. The second-order valence-corrected chi connectivity index (χ2v) is 10.9. The average molecular weight is 544 g/mol. The lowest BCUT2D eigenvalue weighted by Gasteiger charge is -2.31. The number of ether oxygens (including phenoxy) is 1. The van der Waals surface area contributed by atoms with Gasteiger partial charge < -0.3 is 15.0 Å². The van der Waals surface area contributed by atoms with Crippen molar-refractivity contribution in [3.8, 4) is 5.75 Å². The molecule has 0 bridgehead atoms. The fourth-order valence-corrected chi connectivity index (χ4v) is 4.30. The molecule has 2 amide bonds. The second-order valence-electron chi connectivity index (χ2n) is 9.01. The highest BCUT2D eigenvalue weighted by Crippen LogP contribution is 2.32. The van der Waals surface area contributed by atoms with Gasteiger partial charge in [0.15, 0.2) is 0 Å². The number of alkyl halides is 3. The molecule has 0 heterocycles. The van der Waals surface area contributed by atoms with E-state index < -0.39 is 46.2 Å². The maximum atomic E-state index is 13.5. The van der Waals surface area contributed by atoms with Crippen molar-refractivity contribution < 1.29 is 35.9 Å². The molecule has 12 heteroatoms. The van der Waals surface area contributed by atoms with Crippen molar-refractivity contribution in [3.63, 3.8) is 0 Å². The molecule has 0 spiro atoms. The molecule has 1 N–H and O–H groups in total. The van der Waals surface area contributed by atoms with Crippen molar-refractivity contribution in [2.24, 2.45) is 5.92 Å². The van der Waals surface area contributed by atoms with Crippen LogP contribution in [0, 0.1) is 5.92 Å². The maximum absolute atomic E-state index is 13.5. The first kappa shape index (κ1) is 29.9. The SMILES string of the molecule is COc1cccc(CN(C(=O)CN(c2cccc(C(F)(F)F)c2)S(C)(=O)=O)[C@H](C)C(=O)NCC(C)C)c1. The van der Waals surface area contributed by atoms with Crippen molar-refractivity contribution in [3.05, 3.63) is 59.7 Å². The lowest BCUT2D eigenvalue weighted by molar-refractivity contribution is -0.139. The third kappa shape index (κ3) is 8.66. The van der Waals surface area contributed by atoms with Crippen molar-refractivity contribution >= 4 is 27.5 Å². The number of nitrogens with one attached hydrogen (secondary N) is 1. The van der Waals surface area contributed by atoms with E-state index in [9.17, 15) is 31.2 Å². The number of rotatable bonds is 11. The number of benzene rings is 2. The molecule has 0 aromatic heterocycles. The summed E-state index contributed by atoms with van der Waals surface area (Å²) in [5.74, 6) is -0.545. The van der Waals surface area contributed by atoms with E-state index >= 15 is 0 Å². The molecule has 0 aliphatic carbocycles. The highest BCUT2D eigenvalue weighted by molar-refractivity contribution is 7.92. The molecule has 0 saturated carbocycles. The van der Waals surface area contributed by atoms with Gasteiger partial charge >= 0.3 is 6.18 Å². The smallest absolute Gasteiger partial charge is 0.416 e. The number of nitrogens with zero attached hydrogens (tertiary/aromatic N) is 2. The maximum Gasteiger partial charge on any atom is 0.416 e. The summed E-state index contributed by atoms with van der Waals surface area (Å²) in [6, 6.07) is 9.50. The standard InChI is InChI=1S/C25H32F3N3O5S/c1-17(2)14-29-24(33)18(3)30(15-19-8-6-11-22(12-19)36-4)23(32)16-31(37(5,34)35)21-10-7-9-20(13-21)25(26,27)28/h6-13,17-18H,14-16H2,1-5H3,(H,29,33)/t18-/m1/s1. The molecule has 8 nitrogen and oxygen atoms in total. The average Bonchev–Trinajstić information content (AvgIpc) is 2.82. The molecular weight excluding hydrogens is 511 g/mol. The summed E-state index contributed by atoms with van der Waals surface area (Å²) in [7, 11) is -2.69. The van der Waals surface area contributed by atoms with Gasteiger partial charge in [-0.25, -0.2) is 8.42 Å². The van der Waals surface area contributed by atoms with E-state index in [0.29, 0.717) is 28.2 Å². The predicted molar refractivity (Wildman–Crippen MR) is 134 cm³/mol. The lowest BCUT2D eigenvalue weighted by atomic mass is 10.1. The fraction of sp³-hybridized carbons (Fsp3) is 0.440. The lowest BCUT2D eigenvalue weighted by Crippen LogP contribution is -2.51. The molecule has 0 unspecified atom stereocenters. The second kappa shape index (κ2) is 12.3. The largest absolute Gasteiger partial charge is 0.497 e. The molecule has 0 aliphatic rings. The van der Waals surface area contributed by atoms with Crippen LogP contribution < -0.4 is 14.4 Å². The third-order valence-corrected chi connectivity index (χ3v) is 6.62. The molecular formula is C25H32F3N3O5S. The van der Waals surface area contributed by atoms with Gasteiger partial charge in [0.1, 0.15) is 18.3 Å². The molecule has 0 fully saturated rings. The van der Waals surface area contributed by atoms with Gasteiger partial charge in [0, 0.05) is 13.1 Å². The number of halogens is 3. The molecule has 1 atom stereocenters. The van der Waals surface area contributed by atoms with Crippen molar-refractivity contribution in [2.45, 2.75) is 39.5 Å². The minimum Gasteiger partial charge on any atom is -0.497 e. The van der Waals surface area contributed by atoms with Crippen LogP contribution in [0.3, 0.4) is 0 Å². The summed E-state index contributed by atoms with van der Waals surface area (Å²) in [4.78, 5) is 27.5. The topological polar surface area (TPSA) is 96.0 Å². The Bertz CT molecular complexity index is 1200. The van der Waals surface area contributed by atoms with Crippen LogP contribution in [0.25, 0.3) is 0 Å². The van der Waals surface area contributed by atoms with Gasteiger partial charge in [0.25, 0.3) is 0 Å². The van der Waals surface area contributed by atoms with Crippen molar-refractivity contribution in [1.82, 2.24) is 10.2 Å². The van der Waals surface area contributed by atoms with Gasteiger partial charge in [-0.3, -0.25) is 13.9 Å². The Morgan fingerprint density at radius 1 is 1.05 bits per heavy atom. The first-order chi connectivity index (χ1) is 17.1. The first-order valence-corrected chi connectivity index (χ1v) is 13.3. The zero-order valence-corrected chi connectivity index (χ0v) is 22.2. The molecule has 0 radical (unpaired) electrons. The Hall–Kier alpha value is -3.28. The normalized spacial score (nSPS) is 12.7. The summed E-state index contributed by atoms with van der Waals surface area (Å²) in [6.07, 6.45) is -3.91. The van der Waals surface area contributed by atoms with Crippen LogP contribution in [0.1, 0.15) is 31.9 Å². The van der Waals surface area contributed by atoms with Gasteiger partial charge in [-0.1, -0.05) is 32.0 Å². The fourth-order valence-electron chi connectivity index (χ4n) is 3.45.